The van der Waals surface area contributed by atoms with Crippen LogP contribution in [0.1, 0.15) is 36.1 Å². The third-order valence-corrected chi connectivity index (χ3v) is 12.2. The van der Waals surface area contributed by atoms with Crippen LogP contribution in [0.25, 0.3) is 89.8 Å². The Morgan fingerprint density at radius 3 is 1.43 bits per heavy atom. The Morgan fingerprint density at radius 2 is 0.741 bits per heavy atom. The van der Waals surface area contributed by atoms with E-state index in [1.54, 1.807) is 0 Å². The summed E-state index contributed by atoms with van der Waals surface area (Å²) in [4.78, 5) is 15.4. The van der Waals surface area contributed by atoms with Crippen LogP contribution in [-0.4, -0.2) is 15.0 Å². The van der Waals surface area contributed by atoms with Gasteiger partial charge in [0.05, 0.1) is 0 Å². The molecule has 58 heavy (non-hydrogen) atoms. The minimum absolute atomic E-state index is 0.0704. The minimum Gasteiger partial charge on any atom is -0.208 e. The van der Waals surface area contributed by atoms with Gasteiger partial charge in [-0.05, 0) is 96.4 Å². The van der Waals surface area contributed by atoms with E-state index in [0.717, 1.165) is 28.7 Å². The number of fused-ring (bicyclic) bond motifs is 6. The number of aromatic nitrogens is 3. The van der Waals surface area contributed by atoms with Crippen molar-refractivity contribution in [1.29, 1.82) is 0 Å². The fraction of sp³-hybridized carbons (Fsp3) is 0.0727. The predicted molar refractivity (Wildman–Crippen MR) is 238 cm³/mol. The second kappa shape index (κ2) is 13.5. The van der Waals surface area contributed by atoms with Crippen molar-refractivity contribution in [2.24, 2.45) is 0 Å². The lowest BCUT2D eigenvalue weighted by Crippen LogP contribution is -2.14. The third-order valence-electron chi connectivity index (χ3n) is 12.2. The topological polar surface area (TPSA) is 38.7 Å². The van der Waals surface area contributed by atoms with Gasteiger partial charge >= 0.3 is 0 Å². The van der Waals surface area contributed by atoms with Gasteiger partial charge in [-0.15, -0.1) is 0 Å². The Labute approximate surface area is 339 Å². The number of rotatable bonds is 6. The molecule has 0 saturated heterocycles. The molecule has 0 N–H and O–H groups in total. The van der Waals surface area contributed by atoms with E-state index in [9.17, 15) is 0 Å². The number of nitrogens with zero attached hydrogens (tertiary/aromatic N) is 3. The maximum Gasteiger partial charge on any atom is 0.164 e. The first-order chi connectivity index (χ1) is 28.5. The molecule has 0 bridgehead atoms. The van der Waals surface area contributed by atoms with Gasteiger partial charge in [-0.1, -0.05) is 190 Å². The van der Waals surface area contributed by atoms with Gasteiger partial charge in [-0.3, -0.25) is 0 Å². The predicted octanol–water partition coefficient (Wildman–Crippen LogP) is 13.8. The van der Waals surface area contributed by atoms with Gasteiger partial charge in [0.1, 0.15) is 0 Å². The molecule has 1 heterocycles. The lowest BCUT2D eigenvalue weighted by atomic mass is 9.82. The van der Waals surface area contributed by atoms with E-state index in [4.69, 9.17) is 15.0 Å². The van der Waals surface area contributed by atoms with Crippen molar-refractivity contribution in [3.63, 3.8) is 0 Å². The molecule has 0 atom stereocenters. The van der Waals surface area contributed by atoms with E-state index in [2.05, 4.69) is 184 Å². The number of hydrogen-bond acceptors (Lipinski definition) is 3. The summed E-state index contributed by atoms with van der Waals surface area (Å²) in [6.07, 6.45) is 0.869. The van der Waals surface area contributed by atoms with E-state index in [0.29, 0.717) is 17.5 Å². The number of hydrogen-bond donors (Lipinski definition) is 0. The summed E-state index contributed by atoms with van der Waals surface area (Å²) in [6.45, 7) is 4.62. The van der Waals surface area contributed by atoms with Gasteiger partial charge in [0, 0.05) is 22.1 Å². The van der Waals surface area contributed by atoms with Crippen LogP contribution in [0, 0.1) is 0 Å². The van der Waals surface area contributed by atoms with E-state index < -0.39 is 0 Å². The van der Waals surface area contributed by atoms with Crippen molar-refractivity contribution < 1.29 is 0 Å². The van der Waals surface area contributed by atoms with Crippen LogP contribution >= 0.6 is 0 Å². The van der Waals surface area contributed by atoms with Gasteiger partial charge in [0.2, 0.25) is 0 Å². The fourth-order valence-corrected chi connectivity index (χ4v) is 9.29. The van der Waals surface area contributed by atoms with Crippen molar-refractivity contribution in [3.05, 3.63) is 210 Å². The van der Waals surface area contributed by atoms with E-state index >= 15 is 0 Å². The lowest BCUT2D eigenvalue weighted by Gasteiger charge is -2.21. The second-order valence-electron chi connectivity index (χ2n) is 16.0. The maximum atomic E-state index is 5.21. The first-order valence-electron chi connectivity index (χ1n) is 20.1. The molecule has 2 aliphatic carbocycles. The largest absolute Gasteiger partial charge is 0.208 e. The average Bonchev–Trinajstić information content (AvgIpc) is 3.79. The van der Waals surface area contributed by atoms with Gasteiger partial charge in [0.15, 0.2) is 17.5 Å². The van der Waals surface area contributed by atoms with Gasteiger partial charge in [-0.25, -0.2) is 15.0 Å². The Morgan fingerprint density at radius 1 is 0.310 bits per heavy atom. The Bertz CT molecular complexity index is 3040. The molecule has 9 aromatic rings. The normalized spacial score (nSPS) is 13.1. The van der Waals surface area contributed by atoms with E-state index in [1.165, 1.54) is 72.3 Å². The summed E-state index contributed by atoms with van der Waals surface area (Å²) in [6, 6.07) is 67.4. The summed E-state index contributed by atoms with van der Waals surface area (Å²) in [5.74, 6) is 1.98. The van der Waals surface area contributed by atoms with Gasteiger partial charge in [0.25, 0.3) is 0 Å². The SMILES string of the molecule is CC1(C)c2ccccc2-c2cc(-c3nc(-c4ccccc4)nc(-c4cccc(-c5cccc6c5Cc5c(-c7ccc(-c8ccccc8)cc7)cccc5-6)c4)n3)ccc21. The molecular weight excluding hydrogens is 703 g/mol. The molecule has 11 rings (SSSR count). The molecule has 0 aliphatic heterocycles. The first kappa shape index (κ1) is 34.1. The van der Waals surface area contributed by atoms with E-state index in [1.807, 2.05) is 18.2 Å². The molecule has 8 aromatic carbocycles. The fourth-order valence-electron chi connectivity index (χ4n) is 9.29. The highest BCUT2D eigenvalue weighted by atomic mass is 15.0. The molecule has 2 aliphatic rings. The van der Waals surface area contributed by atoms with Crippen molar-refractivity contribution in [3.8, 4) is 89.8 Å². The molecule has 0 spiro atoms. The van der Waals surface area contributed by atoms with Crippen LogP contribution in [0.4, 0.5) is 0 Å². The maximum absolute atomic E-state index is 5.21. The molecule has 0 amide bonds. The average molecular weight is 742 g/mol. The van der Waals surface area contributed by atoms with Gasteiger partial charge < -0.3 is 0 Å². The summed E-state index contributed by atoms with van der Waals surface area (Å²) >= 11 is 0. The van der Waals surface area contributed by atoms with Crippen LogP contribution < -0.4 is 0 Å². The Balaban J connectivity index is 0.978. The quantitative estimate of drug-likeness (QED) is 0.170. The van der Waals surface area contributed by atoms with Crippen molar-refractivity contribution >= 4 is 0 Å². The molecule has 3 nitrogen and oxygen atoms in total. The summed E-state index contributed by atoms with van der Waals surface area (Å²) in [5, 5.41) is 0. The lowest BCUT2D eigenvalue weighted by molar-refractivity contribution is 0.660. The second-order valence-corrected chi connectivity index (χ2v) is 16.0. The summed E-state index contributed by atoms with van der Waals surface area (Å²) in [7, 11) is 0. The highest BCUT2D eigenvalue weighted by Gasteiger charge is 2.35. The zero-order valence-electron chi connectivity index (χ0n) is 32.4. The standard InChI is InChI=1S/C55H39N3/c1-55(2)50-25-10-9-20-46(50)49-33-41(30-31-51(49)55)54-57-52(38-16-7-4-8-17-38)56-53(58-54)40-19-11-18-39(32-40)43-22-13-24-45-44-23-12-21-42(47(44)34-48(43)45)37-28-26-36(27-29-37)35-14-5-3-6-15-35/h3-33H,34H2,1-2H3. The summed E-state index contributed by atoms with van der Waals surface area (Å²) < 4.78 is 0. The van der Waals surface area contributed by atoms with Crippen molar-refractivity contribution in [2.45, 2.75) is 25.7 Å². The third kappa shape index (κ3) is 5.62. The van der Waals surface area contributed by atoms with Crippen LogP contribution in [0.2, 0.25) is 0 Å². The molecular formula is C55H39N3. The molecule has 1 aromatic heterocycles. The van der Waals surface area contributed by atoms with Crippen molar-refractivity contribution in [1.82, 2.24) is 15.0 Å². The molecule has 0 unspecified atom stereocenters. The smallest absolute Gasteiger partial charge is 0.164 e. The molecule has 3 heteroatoms. The monoisotopic (exact) mass is 741 g/mol. The Hall–Kier alpha value is -7.23. The van der Waals surface area contributed by atoms with Crippen molar-refractivity contribution in [2.75, 3.05) is 0 Å². The zero-order valence-corrected chi connectivity index (χ0v) is 32.4. The molecule has 0 saturated carbocycles. The Kier molecular flexibility index (Phi) is 7.90. The highest BCUT2D eigenvalue weighted by Crippen LogP contribution is 2.50. The molecule has 274 valence electrons. The van der Waals surface area contributed by atoms with Crippen LogP contribution in [-0.2, 0) is 11.8 Å². The summed E-state index contributed by atoms with van der Waals surface area (Å²) in [5.41, 5.74) is 20.7. The number of benzene rings is 8. The first-order valence-corrected chi connectivity index (χ1v) is 20.1. The van der Waals surface area contributed by atoms with E-state index in [-0.39, 0.29) is 5.41 Å². The molecule has 0 fully saturated rings. The van der Waals surface area contributed by atoms with Crippen LogP contribution in [0.5, 0.6) is 0 Å². The highest BCUT2D eigenvalue weighted by molar-refractivity contribution is 5.90. The van der Waals surface area contributed by atoms with Gasteiger partial charge in [-0.2, -0.15) is 0 Å². The minimum atomic E-state index is -0.0704. The van der Waals surface area contributed by atoms with Crippen LogP contribution in [0.3, 0.4) is 0 Å². The van der Waals surface area contributed by atoms with Crippen LogP contribution in [0.15, 0.2) is 188 Å². The zero-order chi connectivity index (χ0) is 38.8. The molecule has 0 radical (unpaired) electrons.